The quantitative estimate of drug-likeness (QED) is 0.0267. The van der Waals surface area contributed by atoms with E-state index in [0.29, 0.717) is 6.42 Å². The van der Waals surface area contributed by atoms with Crippen LogP contribution in [0.5, 0.6) is 0 Å². The molecule has 3 N–H and O–H groups in total. The van der Waals surface area contributed by atoms with E-state index < -0.39 is 26.5 Å². The predicted molar refractivity (Wildman–Crippen MR) is 234 cm³/mol. The van der Waals surface area contributed by atoms with Crippen LogP contribution in [0.25, 0.3) is 0 Å². The standard InChI is InChI=1S/C46H86NO8P/c1-3-5-7-9-11-13-15-17-19-20-21-22-23-24-25-27-28-30-32-34-36-38-45(48)52-42-44(43-54-56(50,51)53-41-40-47)55-46(49)39-37-35-33-31-29-26-18-16-14-12-10-8-6-4-2/h10,12,16-19,44H,3-9,11,13-15,20-43,47H2,1-2H3,(H,50,51)/b12-10+,18-16+,19-17+/t44-/m0/s1. The Bertz CT molecular complexity index is 1020. The number of rotatable bonds is 43. The van der Waals surface area contributed by atoms with Crippen LogP contribution in [0.1, 0.15) is 213 Å². The highest BCUT2D eigenvalue weighted by Gasteiger charge is 2.26. The lowest BCUT2D eigenvalue weighted by Crippen LogP contribution is -2.29. The average molecular weight is 812 g/mol. The SMILES string of the molecule is CCCC/C=C/C/C=C/CCCCCCCC(=O)O[C@@H](COC(=O)CCCCCCCCCCCCC/C=C/CCCCCCCC)COP(=O)(O)OCCN. The van der Waals surface area contributed by atoms with E-state index >= 15 is 0 Å². The molecule has 0 aliphatic heterocycles. The van der Waals surface area contributed by atoms with Gasteiger partial charge in [-0.15, -0.1) is 0 Å². The average Bonchev–Trinajstić information content (AvgIpc) is 3.18. The molecule has 0 aliphatic rings. The van der Waals surface area contributed by atoms with Gasteiger partial charge in [-0.3, -0.25) is 18.6 Å². The molecule has 0 amide bonds. The number of phosphoric acid groups is 1. The molecule has 0 radical (unpaired) electrons. The van der Waals surface area contributed by atoms with Crippen LogP contribution in [0.4, 0.5) is 0 Å². The van der Waals surface area contributed by atoms with Crippen molar-refractivity contribution in [3.8, 4) is 0 Å². The summed E-state index contributed by atoms with van der Waals surface area (Å²) < 4.78 is 32.8. The van der Waals surface area contributed by atoms with Gasteiger partial charge in [0.1, 0.15) is 6.61 Å². The van der Waals surface area contributed by atoms with E-state index in [0.717, 1.165) is 64.2 Å². The lowest BCUT2D eigenvalue weighted by atomic mass is 10.0. The van der Waals surface area contributed by atoms with Crippen molar-refractivity contribution in [3.63, 3.8) is 0 Å². The summed E-state index contributed by atoms with van der Waals surface area (Å²) >= 11 is 0. The van der Waals surface area contributed by atoms with Crippen LogP contribution >= 0.6 is 7.82 Å². The normalized spacial score (nSPS) is 13.6. The van der Waals surface area contributed by atoms with Crippen LogP contribution < -0.4 is 5.73 Å². The van der Waals surface area contributed by atoms with Crippen molar-refractivity contribution in [1.82, 2.24) is 0 Å². The molecule has 0 aliphatic carbocycles. The number of allylic oxidation sites excluding steroid dienone is 6. The van der Waals surface area contributed by atoms with Gasteiger partial charge in [-0.2, -0.15) is 0 Å². The Hall–Kier alpha value is -1.77. The number of carbonyl (C=O) groups is 2. The second-order valence-electron chi connectivity index (χ2n) is 15.3. The van der Waals surface area contributed by atoms with E-state index in [1.165, 1.54) is 116 Å². The molecule has 328 valence electrons. The molecule has 0 saturated heterocycles. The van der Waals surface area contributed by atoms with Crippen molar-refractivity contribution >= 4 is 19.8 Å². The molecule has 10 heteroatoms. The molecule has 0 aromatic rings. The molecule has 2 atom stereocenters. The molecular formula is C46H86NO8P. The summed E-state index contributed by atoms with van der Waals surface area (Å²) in [5, 5.41) is 0. The molecule has 9 nitrogen and oxygen atoms in total. The zero-order valence-corrected chi connectivity index (χ0v) is 37.0. The van der Waals surface area contributed by atoms with Gasteiger partial charge in [0.25, 0.3) is 0 Å². The van der Waals surface area contributed by atoms with Gasteiger partial charge in [0.2, 0.25) is 0 Å². The zero-order chi connectivity index (χ0) is 41.1. The highest BCUT2D eigenvalue weighted by molar-refractivity contribution is 7.47. The number of hydrogen-bond acceptors (Lipinski definition) is 8. The number of phosphoric ester groups is 1. The van der Waals surface area contributed by atoms with Crippen LogP contribution in [0.3, 0.4) is 0 Å². The number of esters is 2. The molecule has 0 bridgehead atoms. The first-order valence-corrected chi connectivity index (χ1v) is 24.5. The summed E-state index contributed by atoms with van der Waals surface area (Å²) in [6, 6.07) is 0. The van der Waals surface area contributed by atoms with Crippen molar-refractivity contribution in [2.45, 2.75) is 219 Å². The van der Waals surface area contributed by atoms with Crippen LogP contribution in [0, 0.1) is 0 Å². The maximum Gasteiger partial charge on any atom is 0.472 e. The molecule has 0 spiro atoms. The molecular weight excluding hydrogens is 725 g/mol. The van der Waals surface area contributed by atoms with E-state index in [1.54, 1.807) is 0 Å². The minimum atomic E-state index is -4.38. The third-order valence-corrected chi connectivity index (χ3v) is 10.7. The van der Waals surface area contributed by atoms with Crippen molar-refractivity contribution in [2.24, 2.45) is 5.73 Å². The molecule has 0 saturated carbocycles. The smallest absolute Gasteiger partial charge is 0.462 e. The largest absolute Gasteiger partial charge is 0.472 e. The van der Waals surface area contributed by atoms with Crippen molar-refractivity contribution in [2.75, 3.05) is 26.4 Å². The van der Waals surface area contributed by atoms with Crippen LogP contribution in [-0.4, -0.2) is 49.3 Å². The molecule has 56 heavy (non-hydrogen) atoms. The zero-order valence-electron chi connectivity index (χ0n) is 36.1. The van der Waals surface area contributed by atoms with Gasteiger partial charge < -0.3 is 20.1 Å². The highest BCUT2D eigenvalue weighted by Crippen LogP contribution is 2.43. The van der Waals surface area contributed by atoms with Crippen molar-refractivity contribution in [1.29, 1.82) is 0 Å². The molecule has 0 heterocycles. The van der Waals surface area contributed by atoms with Crippen LogP contribution in [0.15, 0.2) is 36.5 Å². The van der Waals surface area contributed by atoms with Gasteiger partial charge in [0.05, 0.1) is 13.2 Å². The maximum absolute atomic E-state index is 12.6. The summed E-state index contributed by atoms with van der Waals surface area (Å²) in [6.07, 6.45) is 47.5. The first-order chi connectivity index (χ1) is 27.3. The van der Waals surface area contributed by atoms with Crippen molar-refractivity contribution < 1.29 is 37.6 Å². The summed E-state index contributed by atoms with van der Waals surface area (Å²) in [5.41, 5.74) is 5.35. The van der Waals surface area contributed by atoms with Gasteiger partial charge >= 0.3 is 19.8 Å². The fraction of sp³-hybridized carbons (Fsp3) is 0.826. The van der Waals surface area contributed by atoms with Gasteiger partial charge in [-0.25, -0.2) is 4.57 Å². The van der Waals surface area contributed by atoms with E-state index in [2.05, 4.69) is 50.3 Å². The molecule has 1 unspecified atom stereocenters. The Morgan fingerprint density at radius 2 is 0.946 bits per heavy atom. The van der Waals surface area contributed by atoms with Crippen molar-refractivity contribution in [3.05, 3.63) is 36.5 Å². The van der Waals surface area contributed by atoms with Gasteiger partial charge in [0.15, 0.2) is 6.10 Å². The Kier molecular flexibility index (Phi) is 41.5. The Morgan fingerprint density at radius 1 is 0.536 bits per heavy atom. The summed E-state index contributed by atoms with van der Waals surface area (Å²) in [6.45, 7) is 3.68. The van der Waals surface area contributed by atoms with E-state index in [1.807, 2.05) is 0 Å². The number of nitrogens with two attached hydrogens (primary N) is 1. The maximum atomic E-state index is 12.6. The summed E-state index contributed by atoms with van der Waals surface area (Å²) in [4.78, 5) is 34.9. The van der Waals surface area contributed by atoms with Gasteiger partial charge in [-0.1, -0.05) is 172 Å². The fourth-order valence-corrected chi connectivity index (χ4v) is 7.06. The molecule has 0 aromatic heterocycles. The van der Waals surface area contributed by atoms with Gasteiger partial charge in [-0.05, 0) is 64.2 Å². The fourth-order valence-electron chi connectivity index (χ4n) is 6.29. The third-order valence-electron chi connectivity index (χ3n) is 9.75. The minimum Gasteiger partial charge on any atom is -0.462 e. The number of hydrogen-bond donors (Lipinski definition) is 2. The highest BCUT2D eigenvalue weighted by atomic mass is 31.2. The van der Waals surface area contributed by atoms with E-state index in [-0.39, 0.29) is 38.6 Å². The first-order valence-electron chi connectivity index (χ1n) is 23.0. The topological polar surface area (TPSA) is 134 Å². The molecule has 0 fully saturated rings. The second-order valence-corrected chi connectivity index (χ2v) is 16.7. The minimum absolute atomic E-state index is 0.0509. The molecule has 0 aromatic carbocycles. The Balaban J connectivity index is 4.08. The summed E-state index contributed by atoms with van der Waals surface area (Å²) in [7, 11) is -4.38. The molecule has 0 rings (SSSR count). The number of carbonyl (C=O) groups excluding carboxylic acids is 2. The summed E-state index contributed by atoms with van der Waals surface area (Å²) in [5.74, 6) is -0.841. The lowest BCUT2D eigenvalue weighted by Gasteiger charge is -2.19. The third kappa shape index (κ3) is 41.9. The van der Waals surface area contributed by atoms with E-state index in [4.69, 9.17) is 24.3 Å². The van der Waals surface area contributed by atoms with Gasteiger partial charge in [0, 0.05) is 19.4 Å². The first kappa shape index (κ1) is 54.2. The lowest BCUT2D eigenvalue weighted by molar-refractivity contribution is -0.161. The van der Waals surface area contributed by atoms with E-state index in [9.17, 15) is 19.0 Å². The Labute approximate surface area is 344 Å². The predicted octanol–water partition coefficient (Wildman–Crippen LogP) is 13.3. The van der Waals surface area contributed by atoms with Crippen LogP contribution in [0.2, 0.25) is 0 Å². The second kappa shape index (κ2) is 42.8. The Morgan fingerprint density at radius 3 is 1.43 bits per heavy atom. The number of ether oxygens (including phenoxy) is 2. The van der Waals surface area contributed by atoms with Crippen LogP contribution in [-0.2, 0) is 32.7 Å². The number of unbranched alkanes of at least 4 members (excludes halogenated alkanes) is 24. The monoisotopic (exact) mass is 812 g/mol.